The molecule has 1 aromatic heterocycles. The molecule has 2 aromatic carbocycles. The van der Waals surface area contributed by atoms with Crippen LogP contribution in [0.1, 0.15) is 12.5 Å². The average molecular weight is 424 g/mol. The molecule has 0 unspecified atom stereocenters. The van der Waals surface area contributed by atoms with Crippen LogP contribution in [0.4, 0.5) is 11.5 Å². The zero-order chi connectivity index (χ0) is 19.4. The number of aromatic nitrogens is 1. The van der Waals surface area contributed by atoms with E-state index < -0.39 is 5.91 Å². The highest BCUT2D eigenvalue weighted by Gasteiger charge is 2.16. The van der Waals surface area contributed by atoms with E-state index in [9.17, 15) is 4.79 Å². The number of aliphatic imine (C=N–C) groups is 1. The molecule has 1 heterocycles. The summed E-state index contributed by atoms with van der Waals surface area (Å²) in [5.74, 6) is 5.41. The number of amides is 1. The number of carbonyl (C=O) groups excluding carboxylic acids is 1. The summed E-state index contributed by atoms with van der Waals surface area (Å²) in [7, 11) is 0. The molecule has 0 bridgehead atoms. The lowest BCUT2D eigenvalue weighted by molar-refractivity contribution is -0.110. The molecule has 7 heteroatoms. The van der Waals surface area contributed by atoms with Crippen molar-refractivity contribution in [2.24, 2.45) is 15.9 Å². The number of anilines is 1. The van der Waals surface area contributed by atoms with Gasteiger partial charge in [-0.3, -0.25) is 9.79 Å². The molecule has 1 amide bonds. The van der Waals surface area contributed by atoms with Crippen molar-refractivity contribution in [3.05, 3.63) is 64.6 Å². The molecule has 0 spiro atoms. The summed E-state index contributed by atoms with van der Waals surface area (Å²) in [4.78, 5) is 21.5. The summed E-state index contributed by atoms with van der Waals surface area (Å²) >= 11 is 3.42. The van der Waals surface area contributed by atoms with E-state index in [1.165, 1.54) is 0 Å². The Morgan fingerprint density at radius 2 is 1.93 bits per heavy atom. The number of hydrazone groups is 1. The third-order valence-electron chi connectivity index (χ3n) is 3.97. The maximum atomic E-state index is 12.6. The first-order chi connectivity index (χ1) is 13.0. The van der Waals surface area contributed by atoms with Crippen LogP contribution in [0.2, 0.25) is 0 Å². The number of halogens is 1. The number of aryl methyl sites for hydroxylation is 1. The van der Waals surface area contributed by atoms with Crippen molar-refractivity contribution in [1.29, 1.82) is 0 Å². The Labute approximate surface area is 165 Å². The number of fused-ring (bicyclic) bond motifs is 1. The third kappa shape index (κ3) is 4.38. The molecule has 0 aliphatic carbocycles. The first-order valence-electron chi connectivity index (χ1n) is 8.25. The van der Waals surface area contributed by atoms with E-state index in [0.717, 1.165) is 26.6 Å². The number of nitrogens with zero attached hydrogens (tertiary/aromatic N) is 3. The van der Waals surface area contributed by atoms with Crippen LogP contribution in [-0.4, -0.2) is 22.3 Å². The highest BCUT2D eigenvalue weighted by Crippen LogP contribution is 2.23. The minimum atomic E-state index is -0.462. The molecular formula is C20H18BrN5O. The summed E-state index contributed by atoms with van der Waals surface area (Å²) < 4.78 is 0.962. The molecule has 3 rings (SSSR count). The Balaban J connectivity index is 1.83. The normalized spacial score (nSPS) is 12.3. The van der Waals surface area contributed by atoms with Gasteiger partial charge in [0.25, 0.3) is 5.91 Å². The van der Waals surface area contributed by atoms with Gasteiger partial charge in [-0.1, -0.05) is 34.1 Å². The summed E-state index contributed by atoms with van der Waals surface area (Å²) in [6, 6.07) is 17.0. The maximum Gasteiger partial charge on any atom is 0.279 e. The molecule has 3 aromatic rings. The lowest BCUT2D eigenvalue weighted by Crippen LogP contribution is -2.30. The standard InChI is InChI=1S/C20H18BrN5O/c1-12-11-15(21)8-9-16(12)23-13(2)19(26-22)20(27)25-18-10-7-14-5-3-4-6-17(14)24-18/h3-11H,22H2,1-2H3,(H,24,25,27). The van der Waals surface area contributed by atoms with E-state index in [1.807, 2.05) is 55.5 Å². The van der Waals surface area contributed by atoms with Crippen LogP contribution in [0.3, 0.4) is 0 Å². The fraction of sp³-hybridized carbons (Fsp3) is 0.100. The maximum absolute atomic E-state index is 12.6. The van der Waals surface area contributed by atoms with Gasteiger partial charge in [-0.05, 0) is 55.8 Å². The number of hydrogen-bond donors (Lipinski definition) is 2. The Kier molecular flexibility index (Phi) is 5.61. The molecule has 27 heavy (non-hydrogen) atoms. The van der Waals surface area contributed by atoms with Crippen LogP contribution in [0.25, 0.3) is 10.9 Å². The number of pyridine rings is 1. The van der Waals surface area contributed by atoms with Crippen molar-refractivity contribution >= 4 is 55.7 Å². The second-order valence-electron chi connectivity index (χ2n) is 5.95. The number of carbonyl (C=O) groups is 1. The van der Waals surface area contributed by atoms with E-state index in [1.54, 1.807) is 13.0 Å². The summed E-state index contributed by atoms with van der Waals surface area (Å²) in [6.45, 7) is 3.63. The van der Waals surface area contributed by atoms with Gasteiger partial charge >= 0.3 is 0 Å². The lowest BCUT2D eigenvalue weighted by atomic mass is 10.2. The molecule has 0 aliphatic rings. The van der Waals surface area contributed by atoms with E-state index in [0.29, 0.717) is 11.5 Å². The van der Waals surface area contributed by atoms with Gasteiger partial charge in [0.2, 0.25) is 0 Å². The quantitative estimate of drug-likeness (QED) is 0.371. The van der Waals surface area contributed by atoms with Crippen LogP contribution < -0.4 is 11.2 Å². The molecule has 0 saturated carbocycles. The smallest absolute Gasteiger partial charge is 0.279 e. The second kappa shape index (κ2) is 8.09. The molecular weight excluding hydrogens is 406 g/mol. The van der Waals surface area contributed by atoms with E-state index in [-0.39, 0.29) is 5.71 Å². The topological polar surface area (TPSA) is 92.7 Å². The molecule has 0 atom stereocenters. The fourth-order valence-corrected chi connectivity index (χ4v) is 3.08. The highest BCUT2D eigenvalue weighted by molar-refractivity contribution is 9.10. The number of nitrogens with two attached hydrogens (primary N) is 1. The van der Waals surface area contributed by atoms with Gasteiger partial charge in [0, 0.05) is 9.86 Å². The van der Waals surface area contributed by atoms with Gasteiger partial charge in [-0.2, -0.15) is 5.10 Å². The molecule has 136 valence electrons. The van der Waals surface area contributed by atoms with Gasteiger partial charge in [0.05, 0.1) is 16.9 Å². The zero-order valence-corrected chi connectivity index (χ0v) is 16.5. The van der Waals surface area contributed by atoms with Crippen molar-refractivity contribution in [1.82, 2.24) is 4.98 Å². The lowest BCUT2D eigenvalue weighted by Gasteiger charge is -2.08. The van der Waals surface area contributed by atoms with Crippen molar-refractivity contribution in [3.8, 4) is 0 Å². The summed E-state index contributed by atoms with van der Waals surface area (Å²) in [5.41, 5.74) is 2.97. The van der Waals surface area contributed by atoms with E-state index in [4.69, 9.17) is 5.84 Å². The molecule has 0 aliphatic heterocycles. The van der Waals surface area contributed by atoms with Gasteiger partial charge in [-0.15, -0.1) is 0 Å². The summed E-state index contributed by atoms with van der Waals surface area (Å²) in [6.07, 6.45) is 0. The van der Waals surface area contributed by atoms with Crippen molar-refractivity contribution in [2.45, 2.75) is 13.8 Å². The Bertz CT molecular complexity index is 1070. The number of hydrogen-bond acceptors (Lipinski definition) is 5. The number of rotatable bonds is 4. The molecule has 0 fully saturated rings. The molecule has 3 N–H and O–H groups in total. The van der Waals surface area contributed by atoms with Crippen LogP contribution in [0.5, 0.6) is 0 Å². The Hall–Kier alpha value is -3.06. The first kappa shape index (κ1) is 18.7. The van der Waals surface area contributed by atoms with Crippen LogP contribution >= 0.6 is 15.9 Å². The van der Waals surface area contributed by atoms with Crippen molar-refractivity contribution in [3.63, 3.8) is 0 Å². The van der Waals surface area contributed by atoms with Gasteiger partial charge in [0.15, 0.2) is 5.71 Å². The molecule has 0 radical (unpaired) electrons. The van der Waals surface area contributed by atoms with Crippen LogP contribution in [0.15, 0.2) is 69.2 Å². The Morgan fingerprint density at radius 1 is 1.15 bits per heavy atom. The zero-order valence-electron chi connectivity index (χ0n) is 14.9. The average Bonchev–Trinajstić information content (AvgIpc) is 2.64. The number of nitrogens with one attached hydrogen (secondary N) is 1. The van der Waals surface area contributed by atoms with Gasteiger partial charge in [-0.25, -0.2) is 4.98 Å². The second-order valence-corrected chi connectivity index (χ2v) is 6.86. The Morgan fingerprint density at radius 3 is 2.67 bits per heavy atom. The predicted octanol–water partition coefficient (Wildman–Crippen LogP) is 4.35. The van der Waals surface area contributed by atoms with Crippen LogP contribution in [0, 0.1) is 6.92 Å². The summed E-state index contributed by atoms with van der Waals surface area (Å²) in [5, 5.41) is 7.35. The van der Waals surface area contributed by atoms with E-state index in [2.05, 4.69) is 36.3 Å². The minimum Gasteiger partial charge on any atom is -0.322 e. The SMILES string of the molecule is CC(=Nc1ccc(Br)cc1C)C(=NN)C(=O)Nc1ccc2ccccc2n1. The van der Waals surface area contributed by atoms with Gasteiger partial charge < -0.3 is 11.2 Å². The largest absolute Gasteiger partial charge is 0.322 e. The third-order valence-corrected chi connectivity index (χ3v) is 4.47. The highest BCUT2D eigenvalue weighted by atomic mass is 79.9. The van der Waals surface area contributed by atoms with E-state index >= 15 is 0 Å². The molecule has 0 saturated heterocycles. The molecule has 6 nitrogen and oxygen atoms in total. The predicted molar refractivity (Wildman–Crippen MR) is 114 cm³/mol. The first-order valence-corrected chi connectivity index (χ1v) is 9.04. The van der Waals surface area contributed by atoms with Crippen LogP contribution in [-0.2, 0) is 4.79 Å². The minimum absolute atomic E-state index is 0.0484. The number of benzene rings is 2. The fourth-order valence-electron chi connectivity index (χ4n) is 2.61. The van der Waals surface area contributed by atoms with Gasteiger partial charge in [0.1, 0.15) is 5.82 Å². The monoisotopic (exact) mass is 423 g/mol. The number of para-hydroxylation sites is 1. The van der Waals surface area contributed by atoms with Crippen molar-refractivity contribution in [2.75, 3.05) is 5.32 Å². The van der Waals surface area contributed by atoms with Crippen molar-refractivity contribution < 1.29 is 4.79 Å².